The molecule has 2 aromatic carbocycles. The van der Waals surface area contributed by atoms with Crippen molar-refractivity contribution in [2.24, 2.45) is 0 Å². The van der Waals surface area contributed by atoms with Gasteiger partial charge in [0.1, 0.15) is 5.60 Å². The molecule has 2 aromatic heterocycles. The zero-order chi connectivity index (χ0) is 25.3. The molecule has 10 heteroatoms. The summed E-state index contributed by atoms with van der Waals surface area (Å²) in [5, 5.41) is 0.516. The Balaban J connectivity index is 1.68. The van der Waals surface area contributed by atoms with E-state index < -0.39 is 22.9 Å². The third-order valence-electron chi connectivity index (χ3n) is 5.32. The lowest BCUT2D eigenvalue weighted by Crippen LogP contribution is -2.42. The quantitative estimate of drug-likeness (QED) is 0.418. The van der Waals surface area contributed by atoms with Gasteiger partial charge >= 0.3 is 11.8 Å². The molecule has 0 aliphatic carbocycles. The number of aryl methyl sites for hydroxylation is 1. The third kappa shape index (κ3) is 5.51. The number of fused-ring (bicyclic) bond motifs is 2. The largest absolute Gasteiger partial charge is 0.444 e. The second-order valence-corrected chi connectivity index (χ2v) is 9.69. The van der Waals surface area contributed by atoms with Gasteiger partial charge < -0.3 is 9.64 Å². The average Bonchev–Trinajstić information content (AvgIpc) is 2.78. The number of hydrogen-bond donors (Lipinski definition) is 1. The van der Waals surface area contributed by atoms with Gasteiger partial charge in [0, 0.05) is 24.7 Å². The Morgan fingerprint density at radius 3 is 2.49 bits per heavy atom. The lowest BCUT2D eigenvalue weighted by molar-refractivity contribution is 0.0226. The third-order valence-corrected chi connectivity index (χ3v) is 5.73. The van der Waals surface area contributed by atoms with Crippen LogP contribution in [0.2, 0.25) is 5.02 Å². The second-order valence-electron chi connectivity index (χ2n) is 9.29. The lowest BCUT2D eigenvalue weighted by atomic mass is 10.2. The van der Waals surface area contributed by atoms with Crippen LogP contribution in [0.1, 0.15) is 31.9 Å². The maximum atomic E-state index is 13.2. The monoisotopic (exact) mass is 495 g/mol. The molecule has 0 radical (unpaired) electrons. The van der Waals surface area contributed by atoms with Crippen molar-refractivity contribution in [2.45, 2.75) is 46.4 Å². The molecule has 9 nitrogen and oxygen atoms in total. The normalized spacial score (nSPS) is 11.7. The van der Waals surface area contributed by atoms with Crippen LogP contribution in [-0.4, -0.2) is 42.7 Å². The molecule has 0 fully saturated rings. The summed E-state index contributed by atoms with van der Waals surface area (Å²) in [6.45, 7) is 7.47. The van der Waals surface area contributed by atoms with Crippen molar-refractivity contribution in [2.75, 3.05) is 6.54 Å². The molecule has 0 aliphatic heterocycles. The number of carbonyl (C=O) groups is 1. The SMILES string of the molecule is Cc1cc2nc3c(=O)n(CCN(Cc4ccccc4)C(=O)OC(C)(C)C)c(=O)[nH]c3nc2cc1Cl. The van der Waals surface area contributed by atoms with Crippen molar-refractivity contribution >= 4 is 39.9 Å². The number of halogens is 1. The maximum absolute atomic E-state index is 13.2. The predicted octanol–water partition coefficient (Wildman–Crippen LogP) is 4.03. The van der Waals surface area contributed by atoms with Crippen LogP contribution in [0.25, 0.3) is 22.2 Å². The van der Waals surface area contributed by atoms with Crippen LogP contribution in [0.5, 0.6) is 0 Å². The van der Waals surface area contributed by atoms with E-state index in [1.54, 1.807) is 32.9 Å². The van der Waals surface area contributed by atoms with E-state index in [0.29, 0.717) is 16.1 Å². The highest BCUT2D eigenvalue weighted by Crippen LogP contribution is 2.21. The topological polar surface area (TPSA) is 110 Å². The van der Waals surface area contributed by atoms with Crippen molar-refractivity contribution in [1.82, 2.24) is 24.4 Å². The van der Waals surface area contributed by atoms with Crippen molar-refractivity contribution < 1.29 is 9.53 Å². The predicted molar refractivity (Wildman–Crippen MR) is 135 cm³/mol. The molecule has 4 aromatic rings. The summed E-state index contributed by atoms with van der Waals surface area (Å²) in [4.78, 5) is 51.7. The minimum atomic E-state index is -0.693. The van der Waals surface area contributed by atoms with E-state index in [1.165, 1.54) is 4.90 Å². The van der Waals surface area contributed by atoms with E-state index in [1.807, 2.05) is 37.3 Å². The summed E-state index contributed by atoms with van der Waals surface area (Å²) in [6.07, 6.45) is -0.537. The van der Waals surface area contributed by atoms with Crippen molar-refractivity contribution in [1.29, 1.82) is 0 Å². The van der Waals surface area contributed by atoms with Crippen LogP contribution in [0.4, 0.5) is 4.79 Å². The number of H-pyrrole nitrogens is 1. The fourth-order valence-electron chi connectivity index (χ4n) is 3.60. The molecule has 1 amide bonds. The minimum Gasteiger partial charge on any atom is -0.444 e. The minimum absolute atomic E-state index is 0.0331. The van der Waals surface area contributed by atoms with Gasteiger partial charge in [-0.2, -0.15) is 0 Å². The number of nitrogens with zero attached hydrogens (tertiary/aromatic N) is 4. The van der Waals surface area contributed by atoms with Crippen LogP contribution in [0, 0.1) is 6.92 Å². The highest BCUT2D eigenvalue weighted by atomic mass is 35.5. The Kier molecular flexibility index (Phi) is 6.62. The van der Waals surface area contributed by atoms with E-state index in [0.717, 1.165) is 15.7 Å². The van der Waals surface area contributed by atoms with E-state index in [4.69, 9.17) is 16.3 Å². The summed E-state index contributed by atoms with van der Waals surface area (Å²) >= 11 is 6.17. The first kappa shape index (κ1) is 24.4. The summed E-state index contributed by atoms with van der Waals surface area (Å²) in [5.41, 5.74) is 0.849. The van der Waals surface area contributed by atoms with Crippen LogP contribution < -0.4 is 11.2 Å². The average molecular weight is 496 g/mol. The summed E-state index contributed by atoms with van der Waals surface area (Å²) < 4.78 is 6.56. The number of carbonyl (C=O) groups excluding carboxylic acids is 1. The van der Waals surface area contributed by atoms with Gasteiger partial charge in [0.15, 0.2) is 11.2 Å². The molecule has 0 aliphatic rings. The molecule has 2 heterocycles. The first-order valence-corrected chi connectivity index (χ1v) is 11.5. The Bertz CT molecular complexity index is 1520. The molecule has 0 saturated heterocycles. The standard InChI is InChI=1S/C25H26ClN5O4/c1-15-12-18-19(13-17(15)26)28-21-20(27-18)22(32)31(23(33)29-21)11-10-30(24(34)35-25(2,3)4)14-16-8-6-5-7-9-16/h5-9,12-13H,10-11,14H2,1-4H3,(H,28,29,33). The van der Waals surface area contributed by atoms with Crippen molar-refractivity contribution in [3.63, 3.8) is 0 Å². The smallest absolute Gasteiger partial charge is 0.410 e. The number of rotatable bonds is 5. The van der Waals surface area contributed by atoms with E-state index in [-0.39, 0.29) is 30.8 Å². The number of nitrogens with one attached hydrogen (secondary N) is 1. The molecule has 1 N–H and O–H groups in total. The number of benzene rings is 2. The van der Waals surface area contributed by atoms with Gasteiger partial charge in [-0.25, -0.2) is 19.6 Å². The van der Waals surface area contributed by atoms with Crippen LogP contribution in [0.3, 0.4) is 0 Å². The molecule has 4 rings (SSSR count). The van der Waals surface area contributed by atoms with Gasteiger partial charge in [0.05, 0.1) is 11.0 Å². The molecule has 0 atom stereocenters. The van der Waals surface area contributed by atoms with E-state index in [9.17, 15) is 14.4 Å². The highest BCUT2D eigenvalue weighted by Gasteiger charge is 2.23. The van der Waals surface area contributed by atoms with Gasteiger partial charge in [-0.15, -0.1) is 0 Å². The van der Waals surface area contributed by atoms with E-state index >= 15 is 0 Å². The van der Waals surface area contributed by atoms with Crippen molar-refractivity contribution in [3.05, 3.63) is 79.5 Å². The Morgan fingerprint density at radius 2 is 1.80 bits per heavy atom. The molecule has 0 bridgehead atoms. The molecular formula is C25H26ClN5O4. The zero-order valence-electron chi connectivity index (χ0n) is 20.0. The molecule has 35 heavy (non-hydrogen) atoms. The van der Waals surface area contributed by atoms with Crippen LogP contribution >= 0.6 is 11.6 Å². The Morgan fingerprint density at radius 1 is 1.11 bits per heavy atom. The van der Waals surface area contributed by atoms with Gasteiger partial charge in [-0.1, -0.05) is 41.9 Å². The molecule has 0 saturated carbocycles. The first-order chi connectivity index (χ1) is 16.5. The van der Waals surface area contributed by atoms with Crippen molar-refractivity contribution in [3.8, 4) is 0 Å². The summed E-state index contributed by atoms with van der Waals surface area (Å²) in [6, 6.07) is 12.8. The first-order valence-electron chi connectivity index (χ1n) is 11.1. The van der Waals surface area contributed by atoms with Crippen LogP contribution in [-0.2, 0) is 17.8 Å². The second kappa shape index (κ2) is 9.50. The summed E-state index contributed by atoms with van der Waals surface area (Å²) in [5.74, 6) is 0. The van der Waals surface area contributed by atoms with Crippen LogP contribution in [0.15, 0.2) is 52.1 Å². The molecule has 0 unspecified atom stereocenters. The summed E-state index contributed by atoms with van der Waals surface area (Å²) in [7, 11) is 0. The van der Waals surface area contributed by atoms with Gasteiger partial charge in [0.2, 0.25) is 0 Å². The number of amides is 1. The fourth-order valence-corrected chi connectivity index (χ4v) is 3.75. The maximum Gasteiger partial charge on any atom is 0.410 e. The van der Waals surface area contributed by atoms with E-state index in [2.05, 4.69) is 15.0 Å². The molecular weight excluding hydrogens is 470 g/mol. The lowest BCUT2D eigenvalue weighted by Gasteiger charge is -2.27. The highest BCUT2D eigenvalue weighted by molar-refractivity contribution is 6.32. The van der Waals surface area contributed by atoms with Gasteiger partial charge in [0.25, 0.3) is 5.56 Å². The van der Waals surface area contributed by atoms with Gasteiger partial charge in [-0.05, 0) is 51.0 Å². The molecule has 182 valence electrons. The number of ether oxygens (including phenoxy) is 1. The fraction of sp³-hybridized carbons (Fsp3) is 0.320. The Hall–Kier alpha value is -3.72. The number of hydrogen-bond acceptors (Lipinski definition) is 6. The number of aromatic nitrogens is 4. The number of aromatic amines is 1. The Labute approximate surface area is 206 Å². The van der Waals surface area contributed by atoms with Gasteiger partial charge in [-0.3, -0.25) is 14.3 Å². The molecule has 0 spiro atoms. The zero-order valence-corrected chi connectivity index (χ0v) is 20.7.